The van der Waals surface area contributed by atoms with Gasteiger partial charge in [-0.15, -0.1) is 0 Å². The van der Waals surface area contributed by atoms with Crippen LogP contribution in [0.5, 0.6) is 0 Å². The van der Waals surface area contributed by atoms with E-state index in [9.17, 15) is 18.0 Å². The predicted molar refractivity (Wildman–Crippen MR) is 111 cm³/mol. The predicted octanol–water partition coefficient (Wildman–Crippen LogP) is 2.58. The summed E-state index contributed by atoms with van der Waals surface area (Å²) >= 11 is 0. The molecular weight excluding hydrogens is 394 g/mol. The number of benzene rings is 2. The molecule has 3 N–H and O–H groups in total. The average Bonchev–Trinajstić information content (AvgIpc) is 2.67. The number of para-hydroxylation sites is 1. The third-order valence-corrected chi connectivity index (χ3v) is 5.47. The van der Waals surface area contributed by atoms with E-state index in [1.807, 2.05) is 6.07 Å². The normalized spacial score (nSPS) is 10.9. The van der Waals surface area contributed by atoms with E-state index in [0.717, 1.165) is 5.56 Å². The van der Waals surface area contributed by atoms with Gasteiger partial charge in [0.15, 0.2) is 0 Å². The van der Waals surface area contributed by atoms with Gasteiger partial charge >= 0.3 is 6.09 Å². The molecule has 8 nitrogen and oxygen atoms in total. The molecule has 0 aliphatic heterocycles. The summed E-state index contributed by atoms with van der Waals surface area (Å²) in [4.78, 5) is 23.7. The maximum Gasteiger partial charge on any atom is 0.407 e. The molecule has 0 bridgehead atoms. The van der Waals surface area contributed by atoms with Gasteiger partial charge in [-0.25, -0.2) is 13.2 Å². The first kappa shape index (κ1) is 22.2. The highest BCUT2D eigenvalue weighted by atomic mass is 32.2. The van der Waals surface area contributed by atoms with Crippen LogP contribution in [0.4, 0.5) is 10.5 Å². The van der Waals surface area contributed by atoms with Crippen LogP contribution >= 0.6 is 0 Å². The SMILES string of the molecule is CCOC(=O)NCCNC(=O)c1cc(S(=O)(=O)Nc2ccccc2C)ccc1C. The monoisotopic (exact) mass is 419 g/mol. The molecule has 0 saturated carbocycles. The molecular formula is C20H25N3O5S. The van der Waals surface area contributed by atoms with Gasteiger partial charge in [0, 0.05) is 18.7 Å². The Balaban J connectivity index is 2.09. The Hall–Kier alpha value is -3.07. The van der Waals surface area contributed by atoms with E-state index in [1.165, 1.54) is 12.1 Å². The van der Waals surface area contributed by atoms with Gasteiger partial charge in [-0.2, -0.15) is 0 Å². The third kappa shape index (κ3) is 6.21. The lowest BCUT2D eigenvalue weighted by Crippen LogP contribution is -2.35. The summed E-state index contributed by atoms with van der Waals surface area (Å²) in [5, 5.41) is 5.14. The van der Waals surface area contributed by atoms with Gasteiger partial charge in [-0.1, -0.05) is 24.3 Å². The quantitative estimate of drug-likeness (QED) is 0.569. The van der Waals surface area contributed by atoms with Crippen LogP contribution < -0.4 is 15.4 Å². The van der Waals surface area contributed by atoms with Crippen LogP contribution in [0.2, 0.25) is 0 Å². The number of aryl methyl sites for hydroxylation is 2. The summed E-state index contributed by atoms with van der Waals surface area (Å²) in [7, 11) is -3.85. The molecule has 156 valence electrons. The minimum absolute atomic E-state index is 0.0128. The van der Waals surface area contributed by atoms with Crippen LogP contribution in [0.1, 0.15) is 28.4 Å². The van der Waals surface area contributed by atoms with Gasteiger partial charge < -0.3 is 15.4 Å². The molecule has 9 heteroatoms. The van der Waals surface area contributed by atoms with E-state index in [0.29, 0.717) is 11.3 Å². The van der Waals surface area contributed by atoms with Crippen molar-refractivity contribution in [1.82, 2.24) is 10.6 Å². The zero-order valence-electron chi connectivity index (χ0n) is 16.6. The van der Waals surface area contributed by atoms with E-state index in [-0.39, 0.29) is 30.2 Å². The fourth-order valence-corrected chi connectivity index (χ4v) is 3.68. The molecule has 0 spiro atoms. The van der Waals surface area contributed by atoms with Crippen molar-refractivity contribution in [1.29, 1.82) is 0 Å². The number of carbonyl (C=O) groups excluding carboxylic acids is 2. The van der Waals surface area contributed by atoms with Gasteiger partial charge in [0.1, 0.15) is 0 Å². The minimum Gasteiger partial charge on any atom is -0.450 e. The van der Waals surface area contributed by atoms with Crippen LogP contribution in [0.3, 0.4) is 0 Å². The van der Waals surface area contributed by atoms with Crippen molar-refractivity contribution in [3.63, 3.8) is 0 Å². The zero-order chi connectivity index (χ0) is 21.4. The summed E-state index contributed by atoms with van der Waals surface area (Å²) in [5.41, 5.74) is 2.14. The van der Waals surface area contributed by atoms with Crippen molar-refractivity contribution >= 4 is 27.7 Å². The molecule has 0 aliphatic rings. The molecule has 2 amide bonds. The largest absolute Gasteiger partial charge is 0.450 e. The van der Waals surface area contributed by atoms with Crippen LogP contribution in [-0.2, 0) is 14.8 Å². The Bertz CT molecular complexity index is 989. The first-order valence-corrected chi connectivity index (χ1v) is 10.6. The van der Waals surface area contributed by atoms with Gasteiger partial charge in [-0.3, -0.25) is 9.52 Å². The molecule has 2 rings (SSSR count). The number of hydrogen-bond donors (Lipinski definition) is 3. The number of nitrogens with one attached hydrogen (secondary N) is 3. The molecule has 0 aliphatic carbocycles. The van der Waals surface area contributed by atoms with Gasteiger partial charge in [0.05, 0.1) is 17.2 Å². The second kappa shape index (κ2) is 9.92. The highest BCUT2D eigenvalue weighted by molar-refractivity contribution is 7.92. The number of ether oxygens (including phenoxy) is 1. The molecule has 0 aromatic heterocycles. The van der Waals surface area contributed by atoms with Crippen LogP contribution in [-0.4, -0.2) is 40.1 Å². The Labute approximate surface area is 170 Å². The fourth-order valence-electron chi connectivity index (χ4n) is 2.52. The average molecular weight is 420 g/mol. The zero-order valence-corrected chi connectivity index (χ0v) is 17.4. The highest BCUT2D eigenvalue weighted by Gasteiger charge is 2.19. The Morgan fingerprint density at radius 2 is 1.66 bits per heavy atom. The van der Waals surface area contributed by atoms with E-state index >= 15 is 0 Å². The van der Waals surface area contributed by atoms with Gasteiger partial charge in [0.2, 0.25) is 0 Å². The molecule has 0 heterocycles. The van der Waals surface area contributed by atoms with E-state index < -0.39 is 22.0 Å². The smallest absolute Gasteiger partial charge is 0.407 e. The molecule has 0 atom stereocenters. The van der Waals surface area contributed by atoms with Crippen LogP contribution in [0.25, 0.3) is 0 Å². The summed E-state index contributed by atoms with van der Waals surface area (Å²) in [5.74, 6) is -0.430. The number of hydrogen-bond acceptors (Lipinski definition) is 5. The number of amides is 2. The standard InChI is InChI=1S/C20H25N3O5S/c1-4-28-20(25)22-12-11-21-19(24)17-13-16(10-9-14(17)2)29(26,27)23-18-8-6-5-7-15(18)3/h5-10,13,23H,4,11-12H2,1-3H3,(H,21,24)(H,22,25). The van der Waals surface area contributed by atoms with Crippen LogP contribution in [0.15, 0.2) is 47.4 Å². The Kier molecular flexibility index (Phi) is 7.60. The molecule has 2 aromatic carbocycles. The summed E-state index contributed by atoms with van der Waals surface area (Å²) in [6, 6.07) is 11.4. The molecule has 0 fully saturated rings. The fraction of sp³-hybridized carbons (Fsp3) is 0.300. The van der Waals surface area contributed by atoms with Crippen molar-refractivity contribution in [3.05, 3.63) is 59.2 Å². The third-order valence-electron chi connectivity index (χ3n) is 4.11. The number of carbonyl (C=O) groups is 2. The number of sulfonamides is 1. The lowest BCUT2D eigenvalue weighted by Gasteiger charge is -2.13. The summed E-state index contributed by atoms with van der Waals surface area (Å²) in [6.45, 7) is 5.84. The first-order chi connectivity index (χ1) is 13.7. The second-order valence-corrected chi connectivity index (χ2v) is 7.98. The van der Waals surface area contributed by atoms with Gasteiger partial charge in [-0.05, 0) is 50.1 Å². The maximum absolute atomic E-state index is 12.7. The molecule has 0 radical (unpaired) electrons. The van der Waals surface area contributed by atoms with Crippen LogP contribution in [0, 0.1) is 13.8 Å². The molecule has 29 heavy (non-hydrogen) atoms. The van der Waals surface area contributed by atoms with Crippen molar-refractivity contribution < 1.29 is 22.7 Å². The van der Waals surface area contributed by atoms with E-state index in [2.05, 4.69) is 15.4 Å². The Morgan fingerprint density at radius 3 is 2.34 bits per heavy atom. The van der Waals surface area contributed by atoms with Gasteiger partial charge in [0.25, 0.3) is 15.9 Å². The van der Waals surface area contributed by atoms with Crippen molar-refractivity contribution in [2.75, 3.05) is 24.4 Å². The Morgan fingerprint density at radius 1 is 0.966 bits per heavy atom. The van der Waals surface area contributed by atoms with Crippen molar-refractivity contribution in [2.45, 2.75) is 25.7 Å². The summed E-state index contributed by atoms with van der Waals surface area (Å²) < 4.78 is 32.7. The van der Waals surface area contributed by atoms with Crippen molar-refractivity contribution in [2.24, 2.45) is 0 Å². The number of rotatable bonds is 8. The maximum atomic E-state index is 12.7. The molecule has 0 unspecified atom stereocenters. The topological polar surface area (TPSA) is 114 Å². The number of alkyl carbamates (subject to hydrolysis) is 1. The molecule has 0 saturated heterocycles. The first-order valence-electron chi connectivity index (χ1n) is 9.12. The van der Waals surface area contributed by atoms with E-state index in [4.69, 9.17) is 4.74 Å². The second-order valence-electron chi connectivity index (χ2n) is 6.30. The van der Waals surface area contributed by atoms with E-state index in [1.54, 1.807) is 45.0 Å². The lowest BCUT2D eigenvalue weighted by atomic mass is 10.1. The minimum atomic E-state index is -3.85. The molecule has 2 aromatic rings. The summed E-state index contributed by atoms with van der Waals surface area (Å²) in [6.07, 6.45) is -0.562. The number of anilines is 1. The lowest BCUT2D eigenvalue weighted by molar-refractivity contribution is 0.0951. The highest BCUT2D eigenvalue weighted by Crippen LogP contribution is 2.21. The van der Waals surface area contributed by atoms with Crippen molar-refractivity contribution in [3.8, 4) is 0 Å².